The molecule has 0 atom stereocenters. The van der Waals surface area contributed by atoms with Gasteiger partial charge in [0.25, 0.3) is 0 Å². The molecule has 0 aromatic carbocycles. The van der Waals surface area contributed by atoms with E-state index in [4.69, 9.17) is 17.0 Å². The second-order valence-electron chi connectivity index (χ2n) is 4.14. The van der Waals surface area contributed by atoms with Gasteiger partial charge in [0.15, 0.2) is 10.4 Å². The number of aromatic nitrogens is 3. The molecule has 0 aliphatic rings. The largest absolute Gasteiger partial charge is 0.481 e. The van der Waals surface area contributed by atoms with Crippen molar-refractivity contribution in [3.8, 4) is 5.88 Å². The molecule has 3 aromatic heterocycles. The van der Waals surface area contributed by atoms with Gasteiger partial charge in [0, 0.05) is 17.5 Å². The summed E-state index contributed by atoms with van der Waals surface area (Å²) in [4.78, 5) is 8.98. The second kappa shape index (κ2) is 5.14. The number of aryl methyl sites for hydroxylation is 2. The zero-order valence-corrected chi connectivity index (χ0v) is 12.1. The Morgan fingerprint density at radius 2 is 2.32 bits per heavy atom. The quantitative estimate of drug-likeness (QED) is 0.749. The predicted molar refractivity (Wildman–Crippen MR) is 79.5 cm³/mol. The number of aromatic amines is 1. The Bertz CT molecular complexity index is 743. The topological polar surface area (TPSA) is 42.8 Å². The Hall–Kier alpha value is -1.66. The molecule has 19 heavy (non-hydrogen) atoms. The van der Waals surface area contributed by atoms with Gasteiger partial charge in [-0.3, -0.25) is 0 Å². The summed E-state index contributed by atoms with van der Waals surface area (Å²) in [5.74, 6) is 0.603. The number of nitrogens with zero attached hydrogens (tertiary/aromatic N) is 2. The van der Waals surface area contributed by atoms with E-state index in [2.05, 4.69) is 27.5 Å². The van der Waals surface area contributed by atoms with Crippen molar-refractivity contribution in [1.29, 1.82) is 0 Å². The molecule has 1 N–H and O–H groups in total. The van der Waals surface area contributed by atoms with Crippen LogP contribution in [0.1, 0.15) is 4.88 Å². The average Bonchev–Trinajstić information content (AvgIpc) is 3.03. The summed E-state index contributed by atoms with van der Waals surface area (Å²) in [6.45, 7) is 0.819. The molecule has 0 unspecified atom stereocenters. The standard InChI is InChI=1S/C13H13N3OS2/c1-17-11-5-4-10-12(15-11)16(13(18)14-10)7-6-9-3-2-8-19-9/h2-5,8H,6-7H2,1H3,(H,14,18). The van der Waals surface area contributed by atoms with E-state index < -0.39 is 0 Å². The first-order valence-corrected chi connectivity index (χ1v) is 7.22. The van der Waals surface area contributed by atoms with E-state index in [0.717, 1.165) is 24.1 Å². The molecule has 4 nitrogen and oxygen atoms in total. The molecule has 0 saturated carbocycles. The zero-order valence-electron chi connectivity index (χ0n) is 10.4. The summed E-state index contributed by atoms with van der Waals surface area (Å²) in [7, 11) is 1.62. The molecular weight excluding hydrogens is 278 g/mol. The molecule has 0 aliphatic heterocycles. The van der Waals surface area contributed by atoms with Crippen LogP contribution in [0.2, 0.25) is 0 Å². The van der Waals surface area contributed by atoms with Crippen LogP contribution in [-0.2, 0) is 13.0 Å². The highest BCUT2D eigenvalue weighted by Gasteiger charge is 2.07. The van der Waals surface area contributed by atoms with Crippen molar-refractivity contribution in [1.82, 2.24) is 14.5 Å². The van der Waals surface area contributed by atoms with E-state index in [1.54, 1.807) is 18.4 Å². The molecule has 3 heterocycles. The fourth-order valence-electron chi connectivity index (χ4n) is 2.01. The van der Waals surface area contributed by atoms with Gasteiger partial charge in [0.05, 0.1) is 12.6 Å². The third kappa shape index (κ3) is 2.41. The van der Waals surface area contributed by atoms with Crippen molar-refractivity contribution in [2.24, 2.45) is 0 Å². The number of rotatable bonds is 4. The first-order chi connectivity index (χ1) is 9.28. The highest BCUT2D eigenvalue weighted by molar-refractivity contribution is 7.71. The Balaban J connectivity index is 1.97. The maximum Gasteiger partial charge on any atom is 0.215 e. The predicted octanol–water partition coefficient (Wildman–Crippen LogP) is 3.41. The van der Waals surface area contributed by atoms with Crippen LogP contribution in [0.5, 0.6) is 5.88 Å². The van der Waals surface area contributed by atoms with E-state index in [-0.39, 0.29) is 0 Å². The highest BCUT2D eigenvalue weighted by Crippen LogP contribution is 2.18. The molecule has 0 aliphatic carbocycles. The van der Waals surface area contributed by atoms with Crippen molar-refractivity contribution in [2.45, 2.75) is 13.0 Å². The van der Waals surface area contributed by atoms with E-state index in [1.165, 1.54) is 4.88 Å². The first kappa shape index (κ1) is 12.4. The van der Waals surface area contributed by atoms with E-state index in [9.17, 15) is 0 Å². The van der Waals surface area contributed by atoms with Crippen LogP contribution in [-0.4, -0.2) is 21.6 Å². The number of hydrogen-bond acceptors (Lipinski definition) is 4. The van der Waals surface area contributed by atoms with E-state index in [1.807, 2.05) is 16.7 Å². The molecule has 6 heteroatoms. The summed E-state index contributed by atoms with van der Waals surface area (Å²) in [5, 5.41) is 2.09. The zero-order chi connectivity index (χ0) is 13.2. The second-order valence-corrected chi connectivity index (χ2v) is 5.55. The summed E-state index contributed by atoms with van der Waals surface area (Å²) < 4.78 is 7.89. The van der Waals surface area contributed by atoms with Gasteiger partial charge >= 0.3 is 0 Å². The molecule has 0 bridgehead atoms. The molecule has 0 saturated heterocycles. The van der Waals surface area contributed by atoms with Gasteiger partial charge in [0.1, 0.15) is 0 Å². The lowest BCUT2D eigenvalue weighted by Crippen LogP contribution is -2.02. The monoisotopic (exact) mass is 291 g/mol. The normalized spacial score (nSPS) is 11.0. The first-order valence-electron chi connectivity index (χ1n) is 5.94. The number of imidazole rings is 1. The molecular formula is C13H13N3OS2. The van der Waals surface area contributed by atoms with Crippen molar-refractivity contribution >= 4 is 34.7 Å². The SMILES string of the molecule is COc1ccc2[nH]c(=S)n(CCc3cccs3)c2n1. The van der Waals surface area contributed by atoms with Gasteiger partial charge in [-0.15, -0.1) is 11.3 Å². The lowest BCUT2D eigenvalue weighted by Gasteiger charge is -2.03. The van der Waals surface area contributed by atoms with Crippen LogP contribution >= 0.6 is 23.6 Å². The minimum Gasteiger partial charge on any atom is -0.481 e. The third-order valence-electron chi connectivity index (χ3n) is 2.96. The van der Waals surface area contributed by atoms with Gasteiger partial charge < -0.3 is 14.3 Å². The minimum atomic E-state index is 0.603. The summed E-state index contributed by atoms with van der Waals surface area (Å²) in [5.41, 5.74) is 1.79. The number of thiophene rings is 1. The Labute approximate surface area is 119 Å². The Kier molecular flexibility index (Phi) is 3.35. The fraction of sp³-hybridized carbons (Fsp3) is 0.231. The van der Waals surface area contributed by atoms with Crippen molar-refractivity contribution in [3.05, 3.63) is 39.3 Å². The molecule has 98 valence electrons. The van der Waals surface area contributed by atoms with Crippen molar-refractivity contribution in [3.63, 3.8) is 0 Å². The Morgan fingerprint density at radius 1 is 1.42 bits per heavy atom. The maximum atomic E-state index is 5.36. The summed E-state index contributed by atoms with van der Waals surface area (Å²) in [6.07, 6.45) is 0.956. The number of pyridine rings is 1. The maximum absolute atomic E-state index is 5.36. The van der Waals surface area contributed by atoms with Crippen molar-refractivity contribution in [2.75, 3.05) is 7.11 Å². The minimum absolute atomic E-state index is 0.603. The average molecular weight is 291 g/mol. The van der Waals surface area contributed by atoms with E-state index >= 15 is 0 Å². The van der Waals surface area contributed by atoms with Crippen LogP contribution in [0.3, 0.4) is 0 Å². The number of fused-ring (bicyclic) bond motifs is 1. The molecule has 3 aromatic rings. The lowest BCUT2D eigenvalue weighted by atomic mass is 10.3. The molecule has 0 radical (unpaired) electrons. The molecule has 3 rings (SSSR count). The van der Waals surface area contributed by atoms with Gasteiger partial charge in [0.2, 0.25) is 5.88 Å². The smallest absolute Gasteiger partial charge is 0.215 e. The van der Waals surface area contributed by atoms with Crippen LogP contribution in [0, 0.1) is 4.77 Å². The van der Waals surface area contributed by atoms with Crippen LogP contribution < -0.4 is 4.74 Å². The van der Waals surface area contributed by atoms with E-state index in [0.29, 0.717) is 10.7 Å². The number of methoxy groups -OCH3 is 1. The Morgan fingerprint density at radius 3 is 3.05 bits per heavy atom. The summed E-state index contributed by atoms with van der Waals surface area (Å²) >= 11 is 7.12. The molecule has 0 amide bonds. The van der Waals surface area contributed by atoms with Crippen LogP contribution in [0.25, 0.3) is 11.2 Å². The molecule has 0 fully saturated rings. The lowest BCUT2D eigenvalue weighted by molar-refractivity contribution is 0.399. The van der Waals surface area contributed by atoms with Crippen molar-refractivity contribution < 1.29 is 4.74 Å². The molecule has 0 spiro atoms. The number of ether oxygens (including phenoxy) is 1. The van der Waals surface area contributed by atoms with Crippen LogP contribution in [0.15, 0.2) is 29.6 Å². The number of nitrogens with one attached hydrogen (secondary N) is 1. The summed E-state index contributed by atoms with van der Waals surface area (Å²) in [6, 6.07) is 7.97. The highest BCUT2D eigenvalue weighted by atomic mass is 32.1. The van der Waals surface area contributed by atoms with Crippen LogP contribution in [0.4, 0.5) is 0 Å². The number of H-pyrrole nitrogens is 1. The number of hydrogen-bond donors (Lipinski definition) is 1. The van der Waals surface area contributed by atoms with Gasteiger partial charge in [-0.2, -0.15) is 4.98 Å². The third-order valence-corrected chi connectivity index (χ3v) is 4.22. The fourth-order valence-corrected chi connectivity index (χ4v) is 3.00. The van der Waals surface area contributed by atoms with Gasteiger partial charge in [-0.25, -0.2) is 0 Å². The van der Waals surface area contributed by atoms with Gasteiger partial charge in [-0.1, -0.05) is 6.07 Å². The van der Waals surface area contributed by atoms with Gasteiger partial charge in [-0.05, 0) is 36.2 Å².